The van der Waals surface area contributed by atoms with Crippen molar-refractivity contribution in [2.45, 2.75) is 4.90 Å². The third kappa shape index (κ3) is 2.20. The van der Waals surface area contributed by atoms with Crippen LogP contribution in [0.25, 0.3) is 0 Å². The molecule has 1 aromatic rings. The van der Waals surface area contributed by atoms with Crippen molar-refractivity contribution < 1.29 is 8.42 Å². The zero-order chi connectivity index (χ0) is 10.9. The van der Waals surface area contributed by atoms with Crippen molar-refractivity contribution in [3.63, 3.8) is 0 Å². The first kappa shape index (κ1) is 11.8. The van der Waals surface area contributed by atoms with E-state index in [1.807, 2.05) is 0 Å². The number of hydrogen-bond acceptors (Lipinski definition) is 2. The summed E-state index contributed by atoms with van der Waals surface area (Å²) in [6, 6.07) is 5.21. The molecule has 6 heteroatoms. The second-order valence-electron chi connectivity index (χ2n) is 2.78. The summed E-state index contributed by atoms with van der Waals surface area (Å²) in [6.07, 6.45) is 0. The molecule has 0 aliphatic heterocycles. The summed E-state index contributed by atoms with van der Waals surface area (Å²) in [5, 5.41) is 0.331. The third-order valence-corrected chi connectivity index (χ3v) is 4.09. The molecule has 14 heavy (non-hydrogen) atoms. The Balaban J connectivity index is 3.40. The summed E-state index contributed by atoms with van der Waals surface area (Å²) < 4.78 is 24.4. The predicted octanol–water partition coefficient (Wildman–Crippen LogP) is 2.04. The molecule has 3 nitrogen and oxygen atoms in total. The van der Waals surface area contributed by atoms with Crippen LogP contribution < -0.4 is 0 Å². The van der Waals surface area contributed by atoms with Crippen LogP contribution in [0.15, 0.2) is 17.0 Å². The molecule has 0 saturated carbocycles. The minimum absolute atomic E-state index is 0.00656. The fourth-order valence-electron chi connectivity index (χ4n) is 0.824. The fraction of sp³-hybridized carbons (Fsp3) is 0.250. The van der Waals surface area contributed by atoms with Gasteiger partial charge in [0, 0.05) is 25.2 Å². The van der Waals surface area contributed by atoms with Crippen molar-refractivity contribution in [3.05, 3.63) is 28.2 Å². The van der Waals surface area contributed by atoms with Gasteiger partial charge in [0.05, 0.1) is 5.02 Å². The Kier molecular flexibility index (Phi) is 3.42. The molecule has 0 aliphatic carbocycles. The van der Waals surface area contributed by atoms with E-state index in [0.717, 1.165) is 4.31 Å². The third-order valence-electron chi connectivity index (χ3n) is 1.59. The maximum absolute atomic E-state index is 11.7. The maximum Gasteiger partial charge on any atom is 0.244 e. The van der Waals surface area contributed by atoms with Crippen LogP contribution >= 0.6 is 23.2 Å². The normalized spacial score (nSPS) is 12.1. The van der Waals surface area contributed by atoms with Crippen molar-refractivity contribution in [1.29, 1.82) is 0 Å². The average Bonchev–Trinajstić information content (AvgIpc) is 2.08. The Morgan fingerprint density at radius 2 is 1.93 bits per heavy atom. The molecule has 77 valence electrons. The molecule has 0 spiro atoms. The van der Waals surface area contributed by atoms with Gasteiger partial charge in [-0.25, -0.2) is 12.7 Å². The zero-order valence-electron chi connectivity index (χ0n) is 7.58. The highest BCUT2D eigenvalue weighted by Gasteiger charge is 2.20. The van der Waals surface area contributed by atoms with E-state index in [0.29, 0.717) is 0 Å². The largest absolute Gasteiger partial charge is 0.244 e. The summed E-state index contributed by atoms with van der Waals surface area (Å²) in [6.45, 7) is 0. The topological polar surface area (TPSA) is 37.4 Å². The minimum atomic E-state index is -3.53. The second kappa shape index (κ2) is 4.06. The van der Waals surface area contributed by atoms with E-state index in [-0.39, 0.29) is 14.9 Å². The molecule has 1 radical (unpaired) electrons. The minimum Gasteiger partial charge on any atom is -0.207 e. The molecular weight excluding hydrogens is 245 g/mol. The summed E-state index contributed by atoms with van der Waals surface area (Å²) in [5.74, 6) is 0. The highest BCUT2D eigenvalue weighted by molar-refractivity contribution is 7.89. The van der Waals surface area contributed by atoms with Gasteiger partial charge in [-0.05, 0) is 12.1 Å². The SMILES string of the molecule is CN(C)S(=O)(=O)c1cc(Cl)[c]cc1Cl. The maximum atomic E-state index is 11.7. The highest BCUT2D eigenvalue weighted by atomic mass is 35.5. The lowest BCUT2D eigenvalue weighted by molar-refractivity contribution is 0.521. The van der Waals surface area contributed by atoms with Crippen LogP contribution in [0.2, 0.25) is 10.0 Å². The molecule has 0 unspecified atom stereocenters. The number of sulfonamides is 1. The fourth-order valence-corrected chi connectivity index (χ4v) is 2.42. The Bertz CT molecular complexity index is 443. The molecule has 1 aromatic carbocycles. The van der Waals surface area contributed by atoms with Crippen LogP contribution in [0.5, 0.6) is 0 Å². The Morgan fingerprint density at radius 3 is 2.43 bits per heavy atom. The lowest BCUT2D eigenvalue weighted by Crippen LogP contribution is -2.22. The Labute approximate surface area is 93.3 Å². The van der Waals surface area contributed by atoms with E-state index in [1.54, 1.807) is 0 Å². The van der Waals surface area contributed by atoms with Crippen molar-refractivity contribution in [3.8, 4) is 0 Å². The molecule has 0 amide bonds. The van der Waals surface area contributed by atoms with Gasteiger partial charge in [-0.2, -0.15) is 0 Å². The number of rotatable bonds is 2. The van der Waals surface area contributed by atoms with Gasteiger partial charge in [0.15, 0.2) is 0 Å². The molecule has 0 saturated heterocycles. The smallest absolute Gasteiger partial charge is 0.207 e. The van der Waals surface area contributed by atoms with Crippen LogP contribution in [0, 0.1) is 6.07 Å². The van der Waals surface area contributed by atoms with Gasteiger partial charge < -0.3 is 0 Å². The van der Waals surface area contributed by atoms with Crippen LogP contribution in [0.3, 0.4) is 0 Å². The van der Waals surface area contributed by atoms with Crippen LogP contribution in [-0.4, -0.2) is 26.8 Å². The monoisotopic (exact) mass is 252 g/mol. The lowest BCUT2D eigenvalue weighted by Gasteiger charge is -2.12. The molecule has 0 atom stereocenters. The van der Waals surface area contributed by atoms with Crippen LogP contribution in [0.1, 0.15) is 0 Å². The van der Waals surface area contributed by atoms with Crippen LogP contribution in [0.4, 0.5) is 0 Å². The lowest BCUT2D eigenvalue weighted by atomic mass is 10.4. The van der Waals surface area contributed by atoms with Crippen molar-refractivity contribution in [2.24, 2.45) is 0 Å². The first-order valence-corrected chi connectivity index (χ1v) is 5.84. The van der Waals surface area contributed by atoms with Gasteiger partial charge in [-0.3, -0.25) is 0 Å². The molecule has 1 rings (SSSR count). The summed E-state index contributed by atoms with van der Waals surface area (Å²) in [4.78, 5) is -0.00656. The van der Waals surface area contributed by atoms with Crippen molar-refractivity contribution >= 4 is 33.2 Å². The van der Waals surface area contributed by atoms with Gasteiger partial charge in [-0.1, -0.05) is 23.2 Å². The zero-order valence-corrected chi connectivity index (χ0v) is 9.91. The number of halogens is 2. The predicted molar refractivity (Wildman–Crippen MR) is 56.2 cm³/mol. The molecular formula is C8H8Cl2NO2S. The highest BCUT2D eigenvalue weighted by Crippen LogP contribution is 2.26. The number of nitrogens with zero attached hydrogens (tertiary/aromatic N) is 1. The first-order chi connectivity index (χ1) is 6.35. The number of hydrogen-bond donors (Lipinski definition) is 0. The van der Waals surface area contributed by atoms with E-state index in [2.05, 4.69) is 6.07 Å². The second-order valence-corrected chi connectivity index (χ2v) is 5.72. The standard InChI is InChI=1S/C8H8Cl2NO2S/c1-11(2)14(12,13)8-5-6(9)3-4-7(8)10/h4-5H,1-2H3. The van der Waals surface area contributed by atoms with Gasteiger partial charge in [0.1, 0.15) is 4.90 Å². The molecule has 0 heterocycles. The molecule has 0 aliphatic rings. The van der Waals surface area contributed by atoms with E-state index in [9.17, 15) is 8.42 Å². The van der Waals surface area contributed by atoms with Gasteiger partial charge in [0.2, 0.25) is 10.0 Å². The molecule has 0 N–H and O–H groups in total. The van der Waals surface area contributed by atoms with E-state index < -0.39 is 10.0 Å². The Hall–Kier alpha value is -0.290. The summed E-state index contributed by atoms with van der Waals surface area (Å²) in [5.41, 5.74) is 0. The van der Waals surface area contributed by atoms with Crippen molar-refractivity contribution in [1.82, 2.24) is 4.31 Å². The van der Waals surface area contributed by atoms with Gasteiger partial charge >= 0.3 is 0 Å². The average molecular weight is 253 g/mol. The van der Waals surface area contributed by atoms with Gasteiger partial charge in [0.25, 0.3) is 0 Å². The molecule has 0 aromatic heterocycles. The van der Waals surface area contributed by atoms with Crippen LogP contribution in [-0.2, 0) is 10.0 Å². The summed E-state index contributed by atoms with van der Waals surface area (Å²) >= 11 is 11.4. The molecule has 0 fully saturated rings. The summed E-state index contributed by atoms with van der Waals surface area (Å²) in [7, 11) is -0.679. The van der Waals surface area contributed by atoms with E-state index >= 15 is 0 Å². The van der Waals surface area contributed by atoms with E-state index in [4.69, 9.17) is 23.2 Å². The quantitative estimate of drug-likeness (QED) is 0.808. The first-order valence-electron chi connectivity index (χ1n) is 3.65. The number of benzene rings is 1. The van der Waals surface area contributed by atoms with Crippen molar-refractivity contribution in [2.75, 3.05) is 14.1 Å². The molecule has 0 bridgehead atoms. The van der Waals surface area contributed by atoms with E-state index in [1.165, 1.54) is 26.2 Å². The van der Waals surface area contributed by atoms with Gasteiger partial charge in [-0.15, -0.1) is 0 Å². The Morgan fingerprint density at radius 1 is 1.36 bits per heavy atom.